The van der Waals surface area contributed by atoms with Crippen molar-refractivity contribution in [3.63, 3.8) is 0 Å². The molecular weight excluding hydrogens is 256 g/mol. The van der Waals surface area contributed by atoms with E-state index in [1.54, 1.807) is 11.3 Å². The highest BCUT2D eigenvalue weighted by molar-refractivity contribution is 7.09. The molecule has 3 nitrogen and oxygen atoms in total. The molecule has 0 radical (unpaired) electrons. The van der Waals surface area contributed by atoms with E-state index >= 15 is 0 Å². The molecule has 19 heavy (non-hydrogen) atoms. The van der Waals surface area contributed by atoms with Crippen LogP contribution in [0.4, 0.5) is 0 Å². The van der Waals surface area contributed by atoms with Crippen LogP contribution < -0.4 is 10.1 Å². The Kier molecular flexibility index (Phi) is 5.36. The fourth-order valence-electron chi connectivity index (χ4n) is 1.92. The van der Waals surface area contributed by atoms with Crippen LogP contribution in [0, 0.1) is 0 Å². The predicted octanol–water partition coefficient (Wildman–Crippen LogP) is 3.39. The van der Waals surface area contributed by atoms with Gasteiger partial charge in [0.25, 0.3) is 0 Å². The van der Waals surface area contributed by atoms with E-state index in [0.717, 1.165) is 31.0 Å². The summed E-state index contributed by atoms with van der Waals surface area (Å²) < 4.78 is 5.80. The van der Waals surface area contributed by atoms with Crippen molar-refractivity contribution in [1.29, 1.82) is 0 Å². The van der Waals surface area contributed by atoms with E-state index in [2.05, 4.69) is 34.7 Å². The van der Waals surface area contributed by atoms with Crippen LogP contribution in [0.2, 0.25) is 0 Å². The second kappa shape index (κ2) is 7.26. The number of aryl methyl sites for hydroxylation is 1. The molecule has 4 heteroatoms. The third-order valence-electron chi connectivity index (χ3n) is 2.74. The molecule has 0 atom stereocenters. The third-order valence-corrected chi connectivity index (χ3v) is 3.59. The van der Waals surface area contributed by atoms with E-state index < -0.39 is 0 Å². The Labute approximate surface area is 118 Å². The maximum atomic E-state index is 5.80. The lowest BCUT2D eigenvalue weighted by molar-refractivity contribution is 0.296. The van der Waals surface area contributed by atoms with Crippen LogP contribution in [0.15, 0.2) is 29.6 Å². The molecule has 0 aliphatic carbocycles. The molecule has 0 unspecified atom stereocenters. The van der Waals surface area contributed by atoms with Gasteiger partial charge in [0, 0.05) is 23.2 Å². The number of aromatic nitrogens is 1. The fourth-order valence-corrected chi connectivity index (χ4v) is 2.54. The Balaban J connectivity index is 2.08. The highest BCUT2D eigenvalue weighted by Crippen LogP contribution is 2.17. The van der Waals surface area contributed by atoms with Crippen LogP contribution >= 0.6 is 11.3 Å². The Morgan fingerprint density at radius 2 is 2.26 bits per heavy atom. The summed E-state index contributed by atoms with van der Waals surface area (Å²) in [5, 5.41) is 5.23. The molecule has 2 heterocycles. The average Bonchev–Trinajstić information content (AvgIpc) is 2.90. The number of rotatable bonds is 7. The predicted molar refractivity (Wildman–Crippen MR) is 79.6 cm³/mol. The lowest BCUT2D eigenvalue weighted by Crippen LogP contribution is -2.07. The van der Waals surface area contributed by atoms with Crippen LogP contribution in [0.5, 0.6) is 5.88 Å². The first-order valence-corrected chi connectivity index (χ1v) is 7.49. The van der Waals surface area contributed by atoms with Crippen LogP contribution in [0.3, 0.4) is 0 Å². The van der Waals surface area contributed by atoms with Gasteiger partial charge in [-0.2, -0.15) is 0 Å². The fraction of sp³-hybridized carbons (Fsp3) is 0.400. The van der Waals surface area contributed by atoms with E-state index in [1.165, 1.54) is 10.4 Å². The van der Waals surface area contributed by atoms with Gasteiger partial charge in [0.1, 0.15) is 6.61 Å². The number of thiophene rings is 1. The summed E-state index contributed by atoms with van der Waals surface area (Å²) in [7, 11) is 1.95. The molecule has 2 rings (SSSR count). The molecular formula is C15H20N2OS. The summed E-state index contributed by atoms with van der Waals surface area (Å²) in [5.41, 5.74) is 2.33. The van der Waals surface area contributed by atoms with Gasteiger partial charge < -0.3 is 10.1 Å². The number of nitrogens with one attached hydrogen (secondary N) is 1. The average molecular weight is 276 g/mol. The van der Waals surface area contributed by atoms with Gasteiger partial charge in [0.05, 0.1) is 0 Å². The van der Waals surface area contributed by atoms with Crippen molar-refractivity contribution in [2.45, 2.75) is 32.9 Å². The largest absolute Gasteiger partial charge is 0.472 e. The molecule has 0 aliphatic heterocycles. The molecule has 0 aliphatic rings. The zero-order valence-corrected chi connectivity index (χ0v) is 12.3. The summed E-state index contributed by atoms with van der Waals surface area (Å²) in [6, 6.07) is 8.28. The van der Waals surface area contributed by atoms with E-state index in [1.807, 2.05) is 19.2 Å². The van der Waals surface area contributed by atoms with E-state index in [0.29, 0.717) is 6.61 Å². The molecule has 2 aromatic heterocycles. The number of hydrogen-bond acceptors (Lipinski definition) is 4. The van der Waals surface area contributed by atoms with Crippen LogP contribution in [-0.4, -0.2) is 12.0 Å². The monoisotopic (exact) mass is 276 g/mol. The van der Waals surface area contributed by atoms with Gasteiger partial charge in [-0.25, -0.2) is 4.98 Å². The lowest BCUT2D eigenvalue weighted by Gasteiger charge is -2.09. The topological polar surface area (TPSA) is 34.1 Å². The Morgan fingerprint density at radius 3 is 2.95 bits per heavy atom. The first kappa shape index (κ1) is 14.0. The van der Waals surface area contributed by atoms with E-state index in [-0.39, 0.29) is 0 Å². The van der Waals surface area contributed by atoms with E-state index in [9.17, 15) is 0 Å². The van der Waals surface area contributed by atoms with Crippen molar-refractivity contribution >= 4 is 11.3 Å². The molecule has 0 amide bonds. The van der Waals surface area contributed by atoms with Gasteiger partial charge in [-0.05, 0) is 36.5 Å². The molecule has 0 fully saturated rings. The number of pyridine rings is 1. The SMILES string of the molecule is CCCc1cc(CNC)cc(OCc2cccs2)n1. The van der Waals surface area contributed by atoms with Crippen molar-refractivity contribution in [3.8, 4) is 5.88 Å². The van der Waals surface area contributed by atoms with Gasteiger partial charge in [-0.1, -0.05) is 19.4 Å². The van der Waals surface area contributed by atoms with Crippen LogP contribution in [0.25, 0.3) is 0 Å². The maximum absolute atomic E-state index is 5.80. The number of ether oxygens (including phenoxy) is 1. The third kappa shape index (κ3) is 4.33. The standard InChI is InChI=1S/C15H20N2OS/c1-3-5-13-8-12(10-16-2)9-15(17-13)18-11-14-6-4-7-19-14/h4,6-9,16H,3,5,10-11H2,1-2H3. The van der Waals surface area contributed by atoms with E-state index in [4.69, 9.17) is 4.74 Å². The zero-order valence-electron chi connectivity index (χ0n) is 11.5. The highest BCUT2D eigenvalue weighted by Gasteiger charge is 2.04. The molecule has 102 valence electrons. The van der Waals surface area contributed by atoms with Crippen LogP contribution in [-0.2, 0) is 19.6 Å². The van der Waals surface area contributed by atoms with Crippen molar-refractivity contribution < 1.29 is 4.74 Å². The van der Waals surface area contributed by atoms with Gasteiger partial charge >= 0.3 is 0 Å². The minimum atomic E-state index is 0.596. The van der Waals surface area contributed by atoms with Crippen LogP contribution in [0.1, 0.15) is 29.5 Å². The number of hydrogen-bond donors (Lipinski definition) is 1. The van der Waals surface area contributed by atoms with Crippen molar-refractivity contribution in [1.82, 2.24) is 10.3 Å². The second-order valence-electron chi connectivity index (χ2n) is 4.45. The van der Waals surface area contributed by atoms with Gasteiger partial charge in [-0.15, -0.1) is 11.3 Å². The quantitative estimate of drug-likeness (QED) is 0.841. The molecule has 0 spiro atoms. The minimum Gasteiger partial charge on any atom is -0.472 e. The Bertz CT molecular complexity index is 473. The van der Waals surface area contributed by atoms with Gasteiger partial charge in [0.15, 0.2) is 0 Å². The highest BCUT2D eigenvalue weighted by atomic mass is 32.1. The summed E-state index contributed by atoms with van der Waals surface area (Å²) in [5.74, 6) is 0.726. The first-order valence-electron chi connectivity index (χ1n) is 6.61. The summed E-state index contributed by atoms with van der Waals surface area (Å²) in [4.78, 5) is 5.78. The minimum absolute atomic E-state index is 0.596. The number of nitrogens with zero attached hydrogens (tertiary/aromatic N) is 1. The normalized spacial score (nSPS) is 10.6. The van der Waals surface area contributed by atoms with Crippen molar-refractivity contribution in [2.75, 3.05) is 7.05 Å². The maximum Gasteiger partial charge on any atom is 0.214 e. The molecule has 0 saturated carbocycles. The second-order valence-corrected chi connectivity index (χ2v) is 5.49. The smallest absolute Gasteiger partial charge is 0.214 e. The Morgan fingerprint density at radius 1 is 1.37 bits per heavy atom. The Hall–Kier alpha value is -1.39. The summed E-state index contributed by atoms with van der Waals surface area (Å²) >= 11 is 1.71. The molecule has 0 aromatic carbocycles. The molecule has 2 aromatic rings. The van der Waals surface area contributed by atoms with Crippen molar-refractivity contribution in [3.05, 3.63) is 45.8 Å². The summed E-state index contributed by atoms with van der Waals surface area (Å²) in [6.07, 6.45) is 2.09. The van der Waals surface area contributed by atoms with Crippen molar-refractivity contribution in [2.24, 2.45) is 0 Å². The molecule has 1 N–H and O–H groups in total. The van der Waals surface area contributed by atoms with Gasteiger partial charge in [0.2, 0.25) is 5.88 Å². The zero-order chi connectivity index (χ0) is 13.5. The van der Waals surface area contributed by atoms with Gasteiger partial charge in [-0.3, -0.25) is 0 Å². The molecule has 0 saturated heterocycles. The lowest BCUT2D eigenvalue weighted by atomic mass is 10.1. The molecule has 0 bridgehead atoms. The summed E-state index contributed by atoms with van der Waals surface area (Å²) in [6.45, 7) is 3.60. The first-order chi connectivity index (χ1) is 9.31.